The van der Waals surface area contributed by atoms with Gasteiger partial charge >= 0.3 is 0 Å². The van der Waals surface area contributed by atoms with Crippen LogP contribution >= 0.6 is 0 Å². The Balaban J connectivity index is 1.58. The molecular formula is C23H26N4O2. The second-order valence-corrected chi connectivity index (χ2v) is 7.50. The number of carbonyl (C=O) groups excluding carboxylic acids is 1. The van der Waals surface area contributed by atoms with Crippen LogP contribution in [-0.2, 0) is 6.54 Å². The van der Waals surface area contributed by atoms with E-state index < -0.39 is 0 Å². The lowest BCUT2D eigenvalue weighted by Gasteiger charge is -2.36. The Labute approximate surface area is 170 Å². The highest BCUT2D eigenvalue weighted by atomic mass is 16.2. The van der Waals surface area contributed by atoms with Crippen LogP contribution in [0.5, 0.6) is 0 Å². The molecule has 3 aromatic rings. The number of hydrogen-bond acceptors (Lipinski definition) is 4. The molecule has 2 heterocycles. The zero-order chi connectivity index (χ0) is 20.5. The number of hydrogen-bond donors (Lipinski definition) is 0. The van der Waals surface area contributed by atoms with Crippen molar-refractivity contribution in [1.82, 2.24) is 14.5 Å². The van der Waals surface area contributed by atoms with Gasteiger partial charge in [0, 0.05) is 38.4 Å². The number of para-hydroxylation sites is 2. The minimum Gasteiger partial charge on any atom is -0.368 e. The Morgan fingerprint density at radius 2 is 1.72 bits per heavy atom. The summed E-state index contributed by atoms with van der Waals surface area (Å²) < 4.78 is 1.63. The fraction of sp³-hybridized carbons (Fsp3) is 0.348. The lowest BCUT2D eigenvalue weighted by atomic mass is 10.1. The molecule has 29 heavy (non-hydrogen) atoms. The van der Waals surface area contributed by atoms with E-state index in [1.807, 2.05) is 31.2 Å². The van der Waals surface area contributed by atoms with E-state index in [1.165, 1.54) is 16.8 Å². The van der Waals surface area contributed by atoms with E-state index in [2.05, 4.69) is 41.9 Å². The molecule has 0 N–H and O–H groups in total. The van der Waals surface area contributed by atoms with Crippen LogP contribution in [0.3, 0.4) is 0 Å². The van der Waals surface area contributed by atoms with E-state index in [1.54, 1.807) is 9.47 Å². The van der Waals surface area contributed by atoms with Gasteiger partial charge in [-0.05, 0) is 50.1 Å². The largest absolute Gasteiger partial charge is 0.368 e. The van der Waals surface area contributed by atoms with E-state index in [4.69, 9.17) is 0 Å². The smallest absolute Gasteiger partial charge is 0.282 e. The Morgan fingerprint density at radius 3 is 2.45 bits per heavy atom. The van der Waals surface area contributed by atoms with Crippen LogP contribution in [0.2, 0.25) is 0 Å². The Bertz CT molecular complexity index is 1130. The van der Waals surface area contributed by atoms with Crippen molar-refractivity contribution in [2.75, 3.05) is 31.1 Å². The maximum Gasteiger partial charge on any atom is 0.282 e. The third-order valence-corrected chi connectivity index (χ3v) is 5.85. The lowest BCUT2D eigenvalue weighted by Crippen LogP contribution is -2.50. The minimum atomic E-state index is -0.312. The standard InChI is InChI=1S/C23H26N4O2/c1-4-27-20-10-6-5-9-18(20)24-21(23(27)29)22(28)26-14-12-25(13-15-26)19-11-7-8-16(2)17(19)3/h5-11H,4,12-15H2,1-3H3. The third-order valence-electron chi connectivity index (χ3n) is 5.85. The second-order valence-electron chi connectivity index (χ2n) is 7.50. The number of piperazine rings is 1. The molecule has 1 aromatic heterocycles. The van der Waals surface area contributed by atoms with Gasteiger partial charge in [0.25, 0.3) is 11.5 Å². The van der Waals surface area contributed by atoms with Crippen molar-refractivity contribution in [2.45, 2.75) is 27.3 Å². The van der Waals surface area contributed by atoms with Crippen LogP contribution in [0.25, 0.3) is 11.0 Å². The number of anilines is 1. The second kappa shape index (κ2) is 7.70. The molecule has 4 rings (SSSR count). The molecule has 0 bridgehead atoms. The first-order chi connectivity index (χ1) is 14.0. The summed E-state index contributed by atoms with van der Waals surface area (Å²) in [6.45, 7) is 9.29. The first-order valence-electron chi connectivity index (χ1n) is 10.1. The van der Waals surface area contributed by atoms with Crippen molar-refractivity contribution in [3.63, 3.8) is 0 Å². The van der Waals surface area contributed by atoms with Gasteiger partial charge in [0.15, 0.2) is 5.69 Å². The Hall–Kier alpha value is -3.15. The molecule has 2 aromatic carbocycles. The first kappa shape index (κ1) is 19.2. The van der Waals surface area contributed by atoms with Gasteiger partial charge in [0.05, 0.1) is 11.0 Å². The van der Waals surface area contributed by atoms with Gasteiger partial charge in [-0.2, -0.15) is 0 Å². The zero-order valence-electron chi connectivity index (χ0n) is 17.2. The highest BCUT2D eigenvalue weighted by Gasteiger charge is 2.27. The quantitative estimate of drug-likeness (QED) is 0.690. The molecular weight excluding hydrogens is 364 g/mol. The number of carbonyl (C=O) groups is 1. The van der Waals surface area contributed by atoms with E-state index in [9.17, 15) is 9.59 Å². The van der Waals surface area contributed by atoms with E-state index in [-0.39, 0.29) is 17.2 Å². The van der Waals surface area contributed by atoms with Crippen LogP contribution in [0.4, 0.5) is 5.69 Å². The summed E-state index contributed by atoms with van der Waals surface area (Å²) in [4.78, 5) is 34.5. The monoisotopic (exact) mass is 390 g/mol. The molecule has 1 aliphatic heterocycles. The van der Waals surface area contributed by atoms with Crippen LogP contribution in [0.1, 0.15) is 28.5 Å². The predicted molar refractivity (Wildman–Crippen MR) is 116 cm³/mol. The average molecular weight is 390 g/mol. The molecule has 0 spiro atoms. The number of aryl methyl sites for hydroxylation is 2. The molecule has 0 aliphatic carbocycles. The van der Waals surface area contributed by atoms with Crippen molar-refractivity contribution in [1.29, 1.82) is 0 Å². The van der Waals surface area contributed by atoms with Crippen LogP contribution in [-0.4, -0.2) is 46.5 Å². The number of nitrogens with zero attached hydrogens (tertiary/aromatic N) is 4. The van der Waals surface area contributed by atoms with E-state index in [0.717, 1.165) is 18.6 Å². The summed E-state index contributed by atoms with van der Waals surface area (Å²) in [5.74, 6) is -0.274. The molecule has 0 unspecified atom stereocenters. The van der Waals surface area contributed by atoms with Crippen molar-refractivity contribution in [2.24, 2.45) is 0 Å². The van der Waals surface area contributed by atoms with Crippen LogP contribution in [0.15, 0.2) is 47.3 Å². The summed E-state index contributed by atoms with van der Waals surface area (Å²) in [6, 6.07) is 13.8. The lowest BCUT2D eigenvalue weighted by molar-refractivity contribution is 0.0738. The Morgan fingerprint density at radius 1 is 1.00 bits per heavy atom. The van der Waals surface area contributed by atoms with E-state index >= 15 is 0 Å². The van der Waals surface area contributed by atoms with Gasteiger partial charge in [-0.3, -0.25) is 9.59 Å². The van der Waals surface area contributed by atoms with Crippen molar-refractivity contribution >= 4 is 22.6 Å². The van der Waals surface area contributed by atoms with Gasteiger partial charge < -0.3 is 14.4 Å². The fourth-order valence-corrected chi connectivity index (χ4v) is 4.02. The fourth-order valence-electron chi connectivity index (χ4n) is 4.02. The SMILES string of the molecule is CCn1c(=O)c(C(=O)N2CCN(c3cccc(C)c3C)CC2)nc2ccccc21. The molecule has 150 valence electrons. The summed E-state index contributed by atoms with van der Waals surface area (Å²) in [5, 5.41) is 0. The van der Waals surface area contributed by atoms with Crippen molar-refractivity contribution in [3.05, 3.63) is 69.6 Å². The highest BCUT2D eigenvalue weighted by molar-refractivity contribution is 5.94. The molecule has 0 atom stereocenters. The molecule has 1 saturated heterocycles. The van der Waals surface area contributed by atoms with Gasteiger partial charge in [-0.15, -0.1) is 0 Å². The summed E-state index contributed by atoms with van der Waals surface area (Å²) in [6.07, 6.45) is 0. The van der Waals surface area contributed by atoms with Gasteiger partial charge in [-0.25, -0.2) is 4.98 Å². The molecule has 1 aliphatic rings. The molecule has 1 amide bonds. The summed E-state index contributed by atoms with van der Waals surface area (Å²) >= 11 is 0. The number of aromatic nitrogens is 2. The zero-order valence-corrected chi connectivity index (χ0v) is 17.2. The molecule has 1 fully saturated rings. The highest BCUT2D eigenvalue weighted by Crippen LogP contribution is 2.24. The first-order valence-corrected chi connectivity index (χ1v) is 10.1. The van der Waals surface area contributed by atoms with Gasteiger partial charge in [0.1, 0.15) is 0 Å². The maximum atomic E-state index is 13.1. The number of rotatable bonds is 3. The molecule has 0 saturated carbocycles. The topological polar surface area (TPSA) is 58.4 Å². The van der Waals surface area contributed by atoms with Crippen LogP contribution in [0, 0.1) is 13.8 Å². The number of amides is 1. The van der Waals surface area contributed by atoms with Gasteiger partial charge in [0.2, 0.25) is 0 Å². The normalized spacial score (nSPS) is 14.4. The maximum absolute atomic E-state index is 13.1. The average Bonchev–Trinajstić information content (AvgIpc) is 2.75. The summed E-state index contributed by atoms with van der Waals surface area (Å²) in [7, 11) is 0. The Kier molecular flexibility index (Phi) is 5.09. The number of fused-ring (bicyclic) bond motifs is 1. The molecule has 6 heteroatoms. The predicted octanol–water partition coefficient (Wildman–Crippen LogP) is 3.00. The van der Waals surface area contributed by atoms with E-state index in [0.29, 0.717) is 25.2 Å². The molecule has 6 nitrogen and oxygen atoms in total. The minimum absolute atomic E-state index is 0.0192. The van der Waals surface area contributed by atoms with Crippen molar-refractivity contribution in [3.8, 4) is 0 Å². The van der Waals surface area contributed by atoms with Crippen LogP contribution < -0.4 is 10.5 Å². The molecule has 0 radical (unpaired) electrons. The summed E-state index contributed by atoms with van der Waals surface area (Å²) in [5.41, 5.74) is 4.89. The van der Waals surface area contributed by atoms with Crippen molar-refractivity contribution < 1.29 is 4.79 Å². The number of benzene rings is 2. The van der Waals surface area contributed by atoms with Gasteiger partial charge in [-0.1, -0.05) is 24.3 Å². The third kappa shape index (κ3) is 3.39.